The Kier molecular flexibility index (Phi) is 2.74. The van der Waals surface area contributed by atoms with E-state index in [1.54, 1.807) is 12.3 Å². The van der Waals surface area contributed by atoms with Crippen molar-refractivity contribution in [2.45, 2.75) is 19.9 Å². The number of nitro groups is 1. The highest BCUT2D eigenvalue weighted by molar-refractivity contribution is 5.18. The van der Waals surface area contributed by atoms with E-state index in [0.717, 1.165) is 12.0 Å². The average Bonchev–Trinajstić information content (AvgIpc) is 2.04. The summed E-state index contributed by atoms with van der Waals surface area (Å²) < 4.78 is 0. The molecule has 0 saturated carbocycles. The molecule has 0 aromatic carbocycles. The van der Waals surface area contributed by atoms with Gasteiger partial charge in [-0.1, -0.05) is 13.0 Å². The number of hydrogen-bond donors (Lipinski definition) is 0. The largest absolute Gasteiger partial charge is 0.264 e. The second-order valence-electron chi connectivity index (χ2n) is 2.45. The quantitative estimate of drug-likeness (QED) is 0.504. The topological polar surface area (TPSA) is 56.0 Å². The van der Waals surface area contributed by atoms with E-state index < -0.39 is 0 Å². The molecule has 1 rings (SSSR count). The van der Waals surface area contributed by atoms with Crippen LogP contribution in [0.5, 0.6) is 0 Å². The molecule has 0 amide bonds. The first-order valence-corrected chi connectivity index (χ1v) is 3.78. The first-order chi connectivity index (χ1) is 5.74. The van der Waals surface area contributed by atoms with Gasteiger partial charge in [-0.3, -0.25) is 15.1 Å². The van der Waals surface area contributed by atoms with E-state index in [1.807, 2.05) is 13.0 Å². The fourth-order valence-electron chi connectivity index (χ4n) is 1.06. The smallest absolute Gasteiger partial charge is 0.245 e. The highest BCUT2D eigenvalue weighted by Gasteiger charge is 2.06. The minimum atomic E-state index is -0.360. The molecule has 0 aliphatic carbocycles. The normalized spacial score (nSPS) is 9.75. The first kappa shape index (κ1) is 8.64. The number of pyridine rings is 1. The van der Waals surface area contributed by atoms with E-state index in [-0.39, 0.29) is 11.5 Å². The van der Waals surface area contributed by atoms with Crippen molar-refractivity contribution in [3.8, 4) is 0 Å². The maximum atomic E-state index is 10.2. The minimum Gasteiger partial charge on any atom is -0.264 e. The highest BCUT2D eigenvalue weighted by Crippen LogP contribution is 2.06. The average molecular weight is 166 g/mol. The maximum Gasteiger partial charge on any atom is 0.245 e. The molecule has 4 heteroatoms. The summed E-state index contributed by atoms with van der Waals surface area (Å²) in [5.74, 6) is 0. The van der Waals surface area contributed by atoms with E-state index in [9.17, 15) is 10.1 Å². The molecule has 1 aromatic rings. The maximum absolute atomic E-state index is 10.2. The molecule has 1 heterocycles. The van der Waals surface area contributed by atoms with Crippen LogP contribution >= 0.6 is 0 Å². The number of nitrogens with zero attached hydrogens (tertiary/aromatic N) is 2. The highest BCUT2D eigenvalue weighted by atomic mass is 16.6. The fourth-order valence-corrected chi connectivity index (χ4v) is 1.06. The van der Waals surface area contributed by atoms with Gasteiger partial charge in [-0.2, -0.15) is 0 Å². The molecule has 0 aliphatic rings. The fraction of sp³-hybridized carbons (Fsp3) is 0.375. The SMILES string of the molecule is CCc1cccnc1C[N+](=O)[O-]. The van der Waals surface area contributed by atoms with E-state index in [4.69, 9.17) is 0 Å². The van der Waals surface area contributed by atoms with Crippen molar-refractivity contribution in [1.29, 1.82) is 0 Å². The van der Waals surface area contributed by atoms with Crippen LogP contribution in [0.1, 0.15) is 18.2 Å². The van der Waals surface area contributed by atoms with Gasteiger partial charge in [-0.25, -0.2) is 0 Å². The summed E-state index contributed by atoms with van der Waals surface area (Å²) in [6, 6.07) is 3.66. The molecular formula is C8H10N2O2. The molecule has 0 radical (unpaired) electrons. The van der Waals surface area contributed by atoms with Gasteiger partial charge in [0.15, 0.2) is 0 Å². The van der Waals surface area contributed by atoms with Crippen LogP contribution in [-0.4, -0.2) is 9.91 Å². The lowest BCUT2D eigenvalue weighted by atomic mass is 10.1. The first-order valence-electron chi connectivity index (χ1n) is 3.78. The molecule has 0 N–H and O–H groups in total. The second kappa shape index (κ2) is 3.80. The van der Waals surface area contributed by atoms with Gasteiger partial charge in [0.2, 0.25) is 6.54 Å². The Balaban J connectivity index is 2.89. The van der Waals surface area contributed by atoms with Crippen molar-refractivity contribution in [1.82, 2.24) is 4.98 Å². The van der Waals surface area contributed by atoms with Crippen LogP contribution in [0.2, 0.25) is 0 Å². The Bertz CT molecular complexity index is 286. The lowest BCUT2D eigenvalue weighted by Crippen LogP contribution is -2.03. The third-order valence-corrected chi connectivity index (χ3v) is 1.64. The zero-order valence-electron chi connectivity index (χ0n) is 6.86. The van der Waals surface area contributed by atoms with Crippen LogP contribution in [0, 0.1) is 10.1 Å². The molecule has 1 aromatic heterocycles. The molecule has 0 atom stereocenters. The second-order valence-corrected chi connectivity index (χ2v) is 2.45. The van der Waals surface area contributed by atoms with Crippen LogP contribution < -0.4 is 0 Å². The number of aromatic nitrogens is 1. The minimum absolute atomic E-state index is 0.177. The summed E-state index contributed by atoms with van der Waals surface area (Å²) in [6.07, 6.45) is 2.37. The lowest BCUT2D eigenvalue weighted by Gasteiger charge is -2.00. The Hall–Kier alpha value is -1.45. The lowest BCUT2D eigenvalue weighted by molar-refractivity contribution is -0.497. The van der Waals surface area contributed by atoms with E-state index in [2.05, 4.69) is 4.98 Å². The van der Waals surface area contributed by atoms with Gasteiger partial charge in [0.1, 0.15) is 5.69 Å². The number of rotatable bonds is 3. The zero-order valence-corrected chi connectivity index (χ0v) is 6.86. The summed E-state index contributed by atoms with van der Waals surface area (Å²) in [5, 5.41) is 10.2. The summed E-state index contributed by atoms with van der Waals surface area (Å²) in [7, 11) is 0. The standard InChI is InChI=1S/C8H10N2O2/c1-2-7-4-3-5-9-8(7)6-10(11)12/h3-5H,2,6H2,1H3. The molecule has 64 valence electrons. The molecule has 0 bridgehead atoms. The van der Waals surface area contributed by atoms with Crippen LogP contribution in [0.25, 0.3) is 0 Å². The molecule has 0 spiro atoms. The van der Waals surface area contributed by atoms with Crippen LogP contribution in [0.4, 0.5) is 0 Å². The van der Waals surface area contributed by atoms with Gasteiger partial charge in [0, 0.05) is 11.1 Å². The van der Waals surface area contributed by atoms with Gasteiger partial charge in [0.05, 0.1) is 0 Å². The van der Waals surface area contributed by atoms with Crippen LogP contribution in [0.3, 0.4) is 0 Å². The predicted molar refractivity (Wildman–Crippen MR) is 44.3 cm³/mol. The number of hydrogen-bond acceptors (Lipinski definition) is 3. The Labute approximate surface area is 70.4 Å². The molecule has 12 heavy (non-hydrogen) atoms. The van der Waals surface area contributed by atoms with Crippen molar-refractivity contribution in [3.63, 3.8) is 0 Å². The molecule has 0 saturated heterocycles. The molecule has 0 aliphatic heterocycles. The third-order valence-electron chi connectivity index (χ3n) is 1.64. The Morgan fingerprint density at radius 3 is 3.00 bits per heavy atom. The Morgan fingerprint density at radius 2 is 2.42 bits per heavy atom. The molecule has 4 nitrogen and oxygen atoms in total. The molecular weight excluding hydrogens is 156 g/mol. The van der Waals surface area contributed by atoms with Gasteiger partial charge < -0.3 is 0 Å². The van der Waals surface area contributed by atoms with Gasteiger partial charge >= 0.3 is 0 Å². The summed E-state index contributed by atoms with van der Waals surface area (Å²) in [5.41, 5.74) is 1.53. The number of aryl methyl sites for hydroxylation is 1. The summed E-state index contributed by atoms with van der Waals surface area (Å²) in [4.78, 5) is 13.8. The summed E-state index contributed by atoms with van der Waals surface area (Å²) in [6.45, 7) is 1.78. The zero-order chi connectivity index (χ0) is 8.97. The van der Waals surface area contributed by atoms with Crippen molar-refractivity contribution < 1.29 is 4.92 Å². The van der Waals surface area contributed by atoms with E-state index in [0.29, 0.717) is 5.69 Å². The van der Waals surface area contributed by atoms with E-state index >= 15 is 0 Å². The third kappa shape index (κ3) is 2.02. The van der Waals surface area contributed by atoms with Gasteiger partial charge in [-0.15, -0.1) is 0 Å². The van der Waals surface area contributed by atoms with Crippen LogP contribution in [0.15, 0.2) is 18.3 Å². The van der Waals surface area contributed by atoms with Crippen molar-refractivity contribution in [2.24, 2.45) is 0 Å². The van der Waals surface area contributed by atoms with Crippen molar-refractivity contribution >= 4 is 0 Å². The predicted octanol–water partition coefficient (Wildman–Crippen LogP) is 1.42. The van der Waals surface area contributed by atoms with Crippen molar-refractivity contribution in [3.05, 3.63) is 39.7 Å². The van der Waals surface area contributed by atoms with Crippen molar-refractivity contribution in [2.75, 3.05) is 0 Å². The van der Waals surface area contributed by atoms with Gasteiger partial charge in [-0.05, 0) is 18.1 Å². The van der Waals surface area contributed by atoms with Gasteiger partial charge in [0.25, 0.3) is 0 Å². The summed E-state index contributed by atoms with van der Waals surface area (Å²) >= 11 is 0. The Morgan fingerprint density at radius 1 is 1.67 bits per heavy atom. The van der Waals surface area contributed by atoms with E-state index in [1.165, 1.54) is 0 Å². The molecule has 0 fully saturated rings. The van der Waals surface area contributed by atoms with Crippen LogP contribution in [-0.2, 0) is 13.0 Å². The monoisotopic (exact) mass is 166 g/mol. The molecule has 0 unspecified atom stereocenters.